The average molecular weight is 323 g/mol. The number of anilines is 1. The lowest BCUT2D eigenvalue weighted by atomic mass is 9.91. The molecule has 0 atom stereocenters. The van der Waals surface area contributed by atoms with E-state index in [1.165, 1.54) is 25.1 Å². The molecule has 1 amide bonds. The topological polar surface area (TPSA) is 130 Å². The smallest absolute Gasteiger partial charge is 0.308 e. The van der Waals surface area contributed by atoms with Crippen LogP contribution in [0.4, 0.5) is 5.69 Å². The van der Waals surface area contributed by atoms with E-state index in [4.69, 9.17) is 14.9 Å². The van der Waals surface area contributed by atoms with Crippen molar-refractivity contribution < 1.29 is 34.1 Å². The van der Waals surface area contributed by atoms with Crippen molar-refractivity contribution in [3.63, 3.8) is 0 Å². The van der Waals surface area contributed by atoms with E-state index in [1.807, 2.05) is 0 Å². The third kappa shape index (κ3) is 6.16. The summed E-state index contributed by atoms with van der Waals surface area (Å²) in [5, 5.41) is 20.4. The Labute approximate surface area is 132 Å². The van der Waals surface area contributed by atoms with Crippen LogP contribution in [0.3, 0.4) is 0 Å². The van der Waals surface area contributed by atoms with Gasteiger partial charge in [-0.1, -0.05) is 6.07 Å². The van der Waals surface area contributed by atoms with Crippen molar-refractivity contribution in [1.82, 2.24) is 0 Å². The molecule has 124 valence electrons. The molecule has 23 heavy (non-hydrogen) atoms. The van der Waals surface area contributed by atoms with Crippen LogP contribution >= 0.6 is 0 Å². The van der Waals surface area contributed by atoms with Crippen molar-refractivity contribution in [1.29, 1.82) is 0 Å². The zero-order chi connectivity index (χ0) is 17.6. The van der Waals surface area contributed by atoms with Gasteiger partial charge in [0.25, 0.3) is 0 Å². The number of carbonyl (C=O) groups excluding carboxylic acids is 2. The highest BCUT2D eigenvalue weighted by molar-refractivity contribution is 5.89. The van der Waals surface area contributed by atoms with E-state index in [0.717, 1.165) is 6.92 Å². The zero-order valence-corrected chi connectivity index (χ0v) is 12.7. The van der Waals surface area contributed by atoms with Crippen molar-refractivity contribution >= 4 is 29.5 Å². The molecule has 0 spiro atoms. The number of amides is 1. The van der Waals surface area contributed by atoms with Gasteiger partial charge in [0, 0.05) is 31.5 Å². The van der Waals surface area contributed by atoms with Crippen LogP contribution in [0.25, 0.3) is 0 Å². The Hall–Kier alpha value is -2.90. The van der Waals surface area contributed by atoms with Crippen molar-refractivity contribution in [3.8, 4) is 5.75 Å². The van der Waals surface area contributed by atoms with Crippen LogP contribution in [-0.4, -0.2) is 34.0 Å². The molecule has 1 rings (SSSR count). The Kier molecular flexibility index (Phi) is 6.25. The van der Waals surface area contributed by atoms with Gasteiger partial charge in [0.15, 0.2) is 0 Å². The highest BCUT2D eigenvalue weighted by Crippen LogP contribution is 2.34. The van der Waals surface area contributed by atoms with Crippen LogP contribution in [0, 0.1) is 0 Å². The Balaban J connectivity index is 3.27. The minimum Gasteiger partial charge on any atom is -0.481 e. The maximum Gasteiger partial charge on any atom is 0.308 e. The number of hydrogen-bond acceptors (Lipinski definition) is 5. The lowest BCUT2D eigenvalue weighted by Crippen LogP contribution is -2.14. The first-order valence-corrected chi connectivity index (χ1v) is 6.72. The maximum absolute atomic E-state index is 11.2. The summed E-state index contributed by atoms with van der Waals surface area (Å²) in [6, 6.07) is 4.29. The predicted octanol–water partition coefficient (Wildman–Crippen LogP) is 1.60. The van der Waals surface area contributed by atoms with E-state index in [-0.39, 0.29) is 17.2 Å². The quantitative estimate of drug-likeness (QED) is 0.513. The SMILES string of the molecule is CC(=O)Nc1ccc(C(CC(=O)O)CC(=O)O)c(OC(C)=O)c1. The average Bonchev–Trinajstić information content (AvgIpc) is 2.35. The van der Waals surface area contributed by atoms with E-state index in [9.17, 15) is 19.2 Å². The summed E-state index contributed by atoms with van der Waals surface area (Å²) in [5.41, 5.74) is 0.626. The lowest BCUT2D eigenvalue weighted by Gasteiger charge is -2.18. The monoisotopic (exact) mass is 323 g/mol. The van der Waals surface area contributed by atoms with E-state index in [2.05, 4.69) is 5.32 Å². The Morgan fingerprint density at radius 3 is 2.09 bits per heavy atom. The van der Waals surface area contributed by atoms with Gasteiger partial charge < -0.3 is 20.3 Å². The molecule has 0 aliphatic carbocycles. The van der Waals surface area contributed by atoms with Crippen LogP contribution in [-0.2, 0) is 19.2 Å². The van der Waals surface area contributed by atoms with E-state index >= 15 is 0 Å². The van der Waals surface area contributed by atoms with E-state index in [1.54, 1.807) is 0 Å². The van der Waals surface area contributed by atoms with Crippen LogP contribution in [0.15, 0.2) is 18.2 Å². The van der Waals surface area contributed by atoms with Gasteiger partial charge in [-0.3, -0.25) is 19.2 Å². The summed E-state index contributed by atoms with van der Waals surface area (Å²) >= 11 is 0. The molecular weight excluding hydrogens is 306 g/mol. The molecule has 0 heterocycles. The molecule has 8 heteroatoms. The van der Waals surface area contributed by atoms with Gasteiger partial charge in [0.1, 0.15) is 5.75 Å². The standard InChI is InChI=1S/C15H17NO7/c1-8(17)16-11-3-4-12(13(7-11)23-9(2)18)10(5-14(19)20)6-15(21)22/h3-4,7,10H,5-6H2,1-2H3,(H,16,17)(H,19,20)(H,21,22). The molecule has 0 radical (unpaired) electrons. The van der Waals surface area contributed by atoms with Crippen LogP contribution in [0.2, 0.25) is 0 Å². The third-order valence-electron chi connectivity index (χ3n) is 2.87. The van der Waals surface area contributed by atoms with Crippen LogP contribution in [0.1, 0.15) is 38.2 Å². The van der Waals surface area contributed by atoms with Gasteiger partial charge in [0.05, 0.1) is 12.8 Å². The van der Waals surface area contributed by atoms with E-state index in [0.29, 0.717) is 5.69 Å². The van der Waals surface area contributed by atoms with Crippen LogP contribution in [0.5, 0.6) is 5.75 Å². The third-order valence-corrected chi connectivity index (χ3v) is 2.87. The molecular formula is C15H17NO7. The van der Waals surface area contributed by atoms with E-state index < -0.39 is 36.7 Å². The summed E-state index contributed by atoms with van der Waals surface area (Å²) in [7, 11) is 0. The van der Waals surface area contributed by atoms with Crippen molar-refractivity contribution in [2.24, 2.45) is 0 Å². The van der Waals surface area contributed by atoms with Gasteiger partial charge in [-0.2, -0.15) is 0 Å². The first kappa shape index (κ1) is 18.1. The van der Waals surface area contributed by atoms with Crippen LogP contribution < -0.4 is 10.1 Å². The molecule has 1 aromatic carbocycles. The number of carboxylic acids is 2. The van der Waals surface area contributed by atoms with Crippen molar-refractivity contribution in [2.75, 3.05) is 5.32 Å². The van der Waals surface area contributed by atoms with Gasteiger partial charge >= 0.3 is 17.9 Å². The molecule has 0 unspecified atom stereocenters. The fraction of sp³-hybridized carbons (Fsp3) is 0.333. The summed E-state index contributed by atoms with van der Waals surface area (Å²) in [4.78, 5) is 44.2. The largest absolute Gasteiger partial charge is 0.481 e. The Morgan fingerprint density at radius 2 is 1.65 bits per heavy atom. The summed E-state index contributed by atoms with van der Waals surface area (Å²) in [6.45, 7) is 2.47. The summed E-state index contributed by atoms with van der Waals surface area (Å²) in [5.74, 6) is -4.16. The number of aliphatic carboxylic acids is 2. The molecule has 1 aromatic rings. The molecule has 3 N–H and O–H groups in total. The fourth-order valence-electron chi connectivity index (χ4n) is 2.11. The first-order valence-electron chi connectivity index (χ1n) is 6.72. The van der Waals surface area contributed by atoms with Gasteiger partial charge in [0.2, 0.25) is 5.91 Å². The summed E-state index contributed by atoms with van der Waals surface area (Å²) in [6.07, 6.45) is -0.861. The number of carboxylic acid groups (broad SMARTS) is 2. The number of esters is 1. The molecule has 0 aliphatic rings. The van der Waals surface area contributed by atoms with Gasteiger partial charge in [-0.25, -0.2) is 0 Å². The minimum atomic E-state index is -1.17. The first-order chi connectivity index (χ1) is 10.7. The molecule has 0 aromatic heterocycles. The zero-order valence-electron chi connectivity index (χ0n) is 12.7. The van der Waals surface area contributed by atoms with Gasteiger partial charge in [-0.15, -0.1) is 0 Å². The molecule has 0 saturated heterocycles. The highest BCUT2D eigenvalue weighted by atomic mass is 16.5. The molecule has 0 fully saturated rings. The minimum absolute atomic E-state index is 0.0243. The van der Waals surface area contributed by atoms with Gasteiger partial charge in [-0.05, 0) is 11.6 Å². The summed E-state index contributed by atoms with van der Waals surface area (Å²) < 4.78 is 5.04. The number of hydrogen-bond donors (Lipinski definition) is 3. The highest BCUT2D eigenvalue weighted by Gasteiger charge is 2.23. The normalized spacial score (nSPS) is 10.2. The second kappa shape index (κ2) is 7.92. The fourth-order valence-corrected chi connectivity index (χ4v) is 2.11. The second-order valence-electron chi connectivity index (χ2n) is 4.92. The second-order valence-corrected chi connectivity index (χ2v) is 4.92. The van der Waals surface area contributed by atoms with Crippen molar-refractivity contribution in [2.45, 2.75) is 32.6 Å². The Bertz CT molecular complexity index is 623. The van der Waals surface area contributed by atoms with Crippen molar-refractivity contribution in [3.05, 3.63) is 23.8 Å². The number of carbonyl (C=O) groups is 4. The predicted molar refractivity (Wildman–Crippen MR) is 79.3 cm³/mol. The molecule has 0 bridgehead atoms. The number of nitrogens with one attached hydrogen (secondary N) is 1. The molecule has 0 saturated carbocycles. The number of benzene rings is 1. The lowest BCUT2D eigenvalue weighted by molar-refractivity contribution is -0.139. The Morgan fingerprint density at radius 1 is 1.09 bits per heavy atom. The number of ether oxygens (including phenoxy) is 1. The molecule has 0 aliphatic heterocycles. The number of rotatable bonds is 7. The maximum atomic E-state index is 11.2. The molecule has 8 nitrogen and oxygen atoms in total.